The molecule has 0 spiro atoms. The maximum absolute atomic E-state index is 10.9. The minimum atomic E-state index is 0.142. The lowest BCUT2D eigenvalue weighted by molar-refractivity contribution is -0.159. The monoisotopic (exact) mass is 657 g/mol. The highest BCUT2D eigenvalue weighted by atomic mass is 16.7. The molecule has 0 N–H and O–H groups in total. The van der Waals surface area contributed by atoms with Crippen molar-refractivity contribution < 1.29 is 66.4 Å². The van der Waals surface area contributed by atoms with Crippen molar-refractivity contribution in [1.29, 1.82) is 0 Å². The van der Waals surface area contributed by atoms with E-state index in [4.69, 9.17) is 61.6 Å². The summed E-state index contributed by atoms with van der Waals surface area (Å²) in [6.45, 7) is 9.78. The Kier molecular flexibility index (Phi) is 27.2. The van der Waals surface area contributed by atoms with Crippen LogP contribution < -0.4 is 0 Å². The van der Waals surface area contributed by atoms with Gasteiger partial charge in [-0.15, -0.1) is 0 Å². The van der Waals surface area contributed by atoms with Gasteiger partial charge in [-0.1, -0.05) is 0 Å². The summed E-state index contributed by atoms with van der Waals surface area (Å²) in [6, 6.07) is 0.317. The average molecular weight is 658 g/mol. The summed E-state index contributed by atoms with van der Waals surface area (Å²) < 4.78 is 65.0. The zero-order valence-electron chi connectivity index (χ0n) is 28.3. The van der Waals surface area contributed by atoms with Crippen molar-refractivity contribution in [3.63, 3.8) is 0 Å². The molecule has 5 fully saturated rings. The molecule has 0 aliphatic carbocycles. The summed E-state index contributed by atoms with van der Waals surface area (Å²) in [4.78, 5) is 12.7. The van der Waals surface area contributed by atoms with E-state index in [1.54, 1.807) is 40.4 Å². The van der Waals surface area contributed by atoms with Crippen molar-refractivity contribution in [2.24, 2.45) is 5.92 Å². The molecule has 45 heavy (non-hydrogen) atoms. The third-order valence-corrected chi connectivity index (χ3v) is 6.94. The number of carbonyl (C=O) groups excluding carboxylic acids is 1. The van der Waals surface area contributed by atoms with Crippen LogP contribution in [0.25, 0.3) is 0 Å². The van der Waals surface area contributed by atoms with E-state index in [2.05, 4.69) is 0 Å². The molecular formula is C30H59NO14. The van der Waals surface area contributed by atoms with Crippen LogP contribution in [0.1, 0.15) is 19.3 Å². The van der Waals surface area contributed by atoms with Crippen LogP contribution in [0, 0.1) is 5.92 Å². The van der Waals surface area contributed by atoms with Crippen LogP contribution in [-0.4, -0.2) is 177 Å². The Bertz CT molecular complexity index is 599. The highest BCUT2D eigenvalue weighted by molar-refractivity contribution is 5.78. The molecule has 5 rings (SSSR count). The predicted molar refractivity (Wildman–Crippen MR) is 162 cm³/mol. The summed E-state index contributed by atoms with van der Waals surface area (Å²) in [5.74, 6) is 0.672. The molecule has 5 aliphatic heterocycles. The van der Waals surface area contributed by atoms with Gasteiger partial charge in [0.1, 0.15) is 32.6 Å². The average Bonchev–Trinajstić information content (AvgIpc) is 3.41. The molecule has 5 aliphatic rings. The molecule has 0 aromatic carbocycles. The van der Waals surface area contributed by atoms with Gasteiger partial charge in [0.05, 0.1) is 91.4 Å². The molecular weight excluding hydrogens is 598 g/mol. The second-order valence-electron chi connectivity index (χ2n) is 10.6. The van der Waals surface area contributed by atoms with Gasteiger partial charge in [0.25, 0.3) is 0 Å². The molecule has 3 atom stereocenters. The summed E-state index contributed by atoms with van der Waals surface area (Å²) in [7, 11) is 10.2. The van der Waals surface area contributed by atoms with Crippen molar-refractivity contribution in [3.8, 4) is 0 Å². The van der Waals surface area contributed by atoms with E-state index in [0.29, 0.717) is 85.0 Å². The molecule has 0 radical (unpaired) electrons. The maximum atomic E-state index is 10.9. The summed E-state index contributed by atoms with van der Waals surface area (Å²) in [5.41, 5.74) is 0. The Morgan fingerprint density at radius 3 is 1.71 bits per heavy atom. The Morgan fingerprint density at radius 1 is 0.622 bits per heavy atom. The van der Waals surface area contributed by atoms with Crippen LogP contribution in [0.2, 0.25) is 0 Å². The fourth-order valence-corrected chi connectivity index (χ4v) is 4.36. The second kappa shape index (κ2) is 29.1. The largest absolute Gasteiger partial charge is 0.384 e. The van der Waals surface area contributed by atoms with E-state index in [1.807, 2.05) is 7.05 Å². The third-order valence-electron chi connectivity index (χ3n) is 6.94. The van der Waals surface area contributed by atoms with E-state index in [1.165, 1.54) is 0 Å². The Hall–Kier alpha value is -1.05. The van der Waals surface area contributed by atoms with Gasteiger partial charge in [-0.05, 0) is 12.8 Å². The topological polar surface area (TPSA) is 140 Å². The SMILES string of the molecule is COC1COCOC1.COCC1CCC(=O)N1C.COCC1CCOCO1.COCC1COCCO1.COCC1COCOC1. The number of methoxy groups -OCH3 is 5. The van der Waals surface area contributed by atoms with Gasteiger partial charge in [0.2, 0.25) is 5.91 Å². The van der Waals surface area contributed by atoms with E-state index < -0.39 is 0 Å². The second-order valence-corrected chi connectivity index (χ2v) is 10.6. The Labute approximate surface area is 269 Å². The first kappa shape index (κ1) is 42.0. The van der Waals surface area contributed by atoms with Gasteiger partial charge >= 0.3 is 0 Å². The summed E-state index contributed by atoms with van der Waals surface area (Å²) >= 11 is 0. The van der Waals surface area contributed by atoms with Crippen LogP contribution in [-0.2, 0) is 66.4 Å². The fourth-order valence-electron chi connectivity index (χ4n) is 4.36. The van der Waals surface area contributed by atoms with Crippen molar-refractivity contribution in [1.82, 2.24) is 4.90 Å². The number of hydrogen-bond acceptors (Lipinski definition) is 14. The highest BCUT2D eigenvalue weighted by Gasteiger charge is 2.26. The first-order chi connectivity index (χ1) is 22.0. The normalized spacial score (nSPS) is 25.8. The van der Waals surface area contributed by atoms with Gasteiger partial charge in [-0.3, -0.25) is 4.79 Å². The molecule has 3 unspecified atom stereocenters. The zero-order chi connectivity index (χ0) is 33.0. The van der Waals surface area contributed by atoms with E-state index >= 15 is 0 Å². The lowest BCUT2D eigenvalue weighted by Gasteiger charge is -2.21. The first-order valence-corrected chi connectivity index (χ1v) is 15.4. The van der Waals surface area contributed by atoms with E-state index in [0.717, 1.165) is 45.9 Å². The smallest absolute Gasteiger partial charge is 0.222 e. The highest BCUT2D eigenvalue weighted by Crippen LogP contribution is 2.15. The quantitative estimate of drug-likeness (QED) is 0.348. The van der Waals surface area contributed by atoms with Crippen LogP contribution in [0.4, 0.5) is 0 Å². The van der Waals surface area contributed by atoms with Crippen molar-refractivity contribution in [2.45, 2.75) is 43.6 Å². The van der Waals surface area contributed by atoms with Crippen molar-refractivity contribution >= 4 is 5.91 Å². The van der Waals surface area contributed by atoms with E-state index in [9.17, 15) is 4.79 Å². The van der Waals surface area contributed by atoms with Gasteiger partial charge in [-0.2, -0.15) is 0 Å². The molecule has 5 heterocycles. The fraction of sp³-hybridized carbons (Fsp3) is 0.967. The number of likely N-dealkylation sites (N-methyl/N-ethyl adjacent to an activating group) is 1. The van der Waals surface area contributed by atoms with Gasteiger partial charge in [0.15, 0.2) is 0 Å². The minimum absolute atomic E-state index is 0.142. The maximum Gasteiger partial charge on any atom is 0.222 e. The van der Waals surface area contributed by atoms with Crippen molar-refractivity contribution in [2.75, 3.05) is 142 Å². The lowest BCUT2D eigenvalue weighted by atomic mass is 10.2. The van der Waals surface area contributed by atoms with Gasteiger partial charge in [0, 0.05) is 54.9 Å². The third kappa shape index (κ3) is 21.4. The van der Waals surface area contributed by atoms with Crippen molar-refractivity contribution in [3.05, 3.63) is 0 Å². The lowest BCUT2D eigenvalue weighted by Crippen LogP contribution is -2.31. The molecule has 1 amide bonds. The molecule has 0 aromatic rings. The molecule has 15 heteroatoms. The number of carbonyl (C=O) groups is 1. The predicted octanol–water partition coefficient (Wildman–Crippen LogP) is 0.957. The molecule has 0 saturated carbocycles. The van der Waals surface area contributed by atoms with Crippen LogP contribution in [0.3, 0.4) is 0 Å². The number of hydrogen-bond donors (Lipinski definition) is 0. The van der Waals surface area contributed by atoms with E-state index in [-0.39, 0.29) is 24.2 Å². The zero-order valence-corrected chi connectivity index (χ0v) is 28.3. The first-order valence-electron chi connectivity index (χ1n) is 15.4. The molecule has 0 aromatic heterocycles. The minimum Gasteiger partial charge on any atom is -0.384 e. The molecule has 15 nitrogen and oxygen atoms in total. The summed E-state index contributed by atoms with van der Waals surface area (Å²) in [5, 5.41) is 0. The Balaban J connectivity index is 0.000000282. The number of amides is 1. The number of nitrogens with zero attached hydrogens (tertiary/aromatic N) is 1. The number of ether oxygens (including phenoxy) is 13. The summed E-state index contributed by atoms with van der Waals surface area (Å²) in [6.07, 6.45) is 3.14. The van der Waals surface area contributed by atoms with Gasteiger partial charge < -0.3 is 66.5 Å². The van der Waals surface area contributed by atoms with Crippen LogP contribution in [0.15, 0.2) is 0 Å². The van der Waals surface area contributed by atoms with Crippen LogP contribution >= 0.6 is 0 Å². The number of likely N-dealkylation sites (tertiary alicyclic amines) is 1. The molecule has 268 valence electrons. The van der Waals surface area contributed by atoms with Gasteiger partial charge in [-0.25, -0.2) is 0 Å². The Morgan fingerprint density at radius 2 is 1.24 bits per heavy atom. The molecule has 0 bridgehead atoms. The van der Waals surface area contributed by atoms with Crippen LogP contribution in [0.5, 0.6) is 0 Å². The molecule has 5 saturated heterocycles. The standard InChI is InChI=1S/C7H13NO2.3C6H12O3.C5H10O3/c1-8-6(5-10-2)3-4-7(8)9;1-7-2-6-3-8-5-9-4-6;1-7-4-6-5-8-2-3-9-6;1-7-4-6-2-3-8-5-9-6;1-6-5-2-7-4-8-3-5/h6H,3-5H2,1-2H3;3*6H,2-5H2,1H3;5H,2-4H2,1H3. The number of rotatable bonds is 9.